The molecule has 2 aromatic rings. The maximum atomic E-state index is 12.8. The molecule has 1 heterocycles. The van der Waals surface area contributed by atoms with E-state index in [0.717, 1.165) is 17.7 Å². The molecule has 0 aliphatic carbocycles. The van der Waals surface area contributed by atoms with Crippen molar-refractivity contribution in [2.75, 3.05) is 18.4 Å². The van der Waals surface area contributed by atoms with Crippen molar-refractivity contribution in [2.24, 2.45) is 5.92 Å². The van der Waals surface area contributed by atoms with Crippen molar-refractivity contribution < 1.29 is 13.2 Å². The quantitative estimate of drug-likeness (QED) is 0.685. The monoisotopic (exact) mass is 454 g/mol. The summed E-state index contributed by atoms with van der Waals surface area (Å²) < 4.78 is 27.0. The highest BCUT2D eigenvalue weighted by atomic mass is 35.5. The number of carbonyl (C=O) groups is 1. The molecule has 2 aromatic carbocycles. The lowest BCUT2D eigenvalue weighted by Crippen LogP contribution is -2.41. The van der Waals surface area contributed by atoms with Crippen LogP contribution in [0.4, 0.5) is 5.69 Å². The van der Waals surface area contributed by atoms with Crippen LogP contribution in [0.1, 0.15) is 30.9 Å². The zero-order valence-electron chi connectivity index (χ0n) is 16.2. The number of amides is 1. The van der Waals surface area contributed by atoms with Gasteiger partial charge in [-0.1, -0.05) is 54.4 Å². The molecule has 1 N–H and O–H groups in total. The van der Waals surface area contributed by atoms with Crippen LogP contribution in [0.2, 0.25) is 10.0 Å². The minimum Gasteiger partial charge on any atom is -0.326 e. The Morgan fingerprint density at radius 1 is 1.10 bits per heavy atom. The minimum absolute atomic E-state index is 0.0487. The van der Waals surface area contributed by atoms with E-state index in [1.54, 1.807) is 18.2 Å². The Bertz CT molecular complexity index is 987. The highest BCUT2D eigenvalue weighted by Gasteiger charge is 2.31. The minimum atomic E-state index is -3.48. The standard InChI is InChI=1S/C21H24Cl2N2O3S/c1-2-16-5-3-4-6-20(16)24-21(26)17-9-11-25(12-10-17)29(27,28)14-15-7-8-18(22)19(23)13-15/h3-8,13,17H,2,9-12,14H2,1H3,(H,24,26). The van der Waals surface area contributed by atoms with Crippen LogP contribution in [-0.4, -0.2) is 31.7 Å². The number of carbonyl (C=O) groups excluding carboxylic acids is 1. The molecule has 0 aromatic heterocycles. The number of halogens is 2. The second-order valence-corrected chi connectivity index (χ2v) is 9.96. The summed E-state index contributed by atoms with van der Waals surface area (Å²) >= 11 is 11.9. The summed E-state index contributed by atoms with van der Waals surface area (Å²) in [6, 6.07) is 12.6. The molecule has 0 unspecified atom stereocenters. The first-order valence-electron chi connectivity index (χ1n) is 9.60. The first-order valence-corrected chi connectivity index (χ1v) is 12.0. The Balaban J connectivity index is 1.59. The molecular weight excluding hydrogens is 431 g/mol. The van der Waals surface area contributed by atoms with E-state index in [2.05, 4.69) is 5.32 Å². The number of hydrogen-bond donors (Lipinski definition) is 1. The van der Waals surface area contributed by atoms with E-state index in [0.29, 0.717) is 41.5 Å². The number of para-hydroxylation sites is 1. The van der Waals surface area contributed by atoms with Crippen LogP contribution in [0.3, 0.4) is 0 Å². The van der Waals surface area contributed by atoms with Gasteiger partial charge in [0.2, 0.25) is 15.9 Å². The molecule has 0 spiro atoms. The van der Waals surface area contributed by atoms with Gasteiger partial charge in [0.25, 0.3) is 0 Å². The third kappa shape index (κ3) is 5.51. The molecule has 5 nitrogen and oxygen atoms in total. The number of nitrogens with zero attached hydrogens (tertiary/aromatic N) is 1. The number of rotatable bonds is 6. The third-order valence-corrected chi connectivity index (χ3v) is 7.80. The van der Waals surface area contributed by atoms with Gasteiger partial charge in [0.1, 0.15) is 0 Å². The Hall–Kier alpha value is -1.60. The van der Waals surface area contributed by atoms with Gasteiger partial charge in [0, 0.05) is 24.7 Å². The second-order valence-electron chi connectivity index (χ2n) is 7.18. The highest BCUT2D eigenvalue weighted by molar-refractivity contribution is 7.88. The predicted molar refractivity (Wildman–Crippen MR) is 118 cm³/mol. The molecule has 0 radical (unpaired) electrons. The van der Waals surface area contributed by atoms with E-state index < -0.39 is 10.0 Å². The summed E-state index contributed by atoms with van der Waals surface area (Å²) in [6.45, 7) is 2.70. The highest BCUT2D eigenvalue weighted by Crippen LogP contribution is 2.27. The molecule has 1 fully saturated rings. The van der Waals surface area contributed by atoms with Crippen LogP contribution >= 0.6 is 23.2 Å². The average Bonchev–Trinajstić information content (AvgIpc) is 2.71. The fourth-order valence-electron chi connectivity index (χ4n) is 3.51. The number of anilines is 1. The lowest BCUT2D eigenvalue weighted by molar-refractivity contribution is -0.120. The number of benzene rings is 2. The predicted octanol–water partition coefficient (Wildman–Crippen LogP) is 4.74. The molecular formula is C21H24Cl2N2O3S. The summed E-state index contributed by atoms with van der Waals surface area (Å²) in [4.78, 5) is 12.6. The fraction of sp³-hybridized carbons (Fsp3) is 0.381. The van der Waals surface area contributed by atoms with E-state index in [1.165, 1.54) is 4.31 Å². The Morgan fingerprint density at radius 2 is 1.79 bits per heavy atom. The molecule has 0 atom stereocenters. The zero-order valence-corrected chi connectivity index (χ0v) is 18.5. The lowest BCUT2D eigenvalue weighted by atomic mass is 9.97. The first-order chi connectivity index (χ1) is 13.8. The maximum absolute atomic E-state index is 12.8. The average molecular weight is 455 g/mol. The summed E-state index contributed by atoms with van der Waals surface area (Å²) in [7, 11) is -3.48. The summed E-state index contributed by atoms with van der Waals surface area (Å²) in [5.74, 6) is -0.381. The zero-order chi connectivity index (χ0) is 21.0. The molecule has 0 saturated carbocycles. The van der Waals surface area contributed by atoms with E-state index in [1.807, 2.05) is 31.2 Å². The van der Waals surface area contributed by atoms with Crippen molar-refractivity contribution in [3.05, 3.63) is 63.6 Å². The Labute approximate surface area is 182 Å². The fourth-order valence-corrected chi connectivity index (χ4v) is 5.38. The van der Waals surface area contributed by atoms with Crippen molar-refractivity contribution in [1.29, 1.82) is 0 Å². The normalized spacial score (nSPS) is 16.0. The molecule has 8 heteroatoms. The van der Waals surface area contributed by atoms with Gasteiger partial charge in [-0.05, 0) is 48.6 Å². The molecule has 0 bridgehead atoms. The van der Waals surface area contributed by atoms with Crippen LogP contribution in [-0.2, 0) is 27.0 Å². The summed E-state index contributed by atoms with van der Waals surface area (Å²) in [6.07, 6.45) is 1.84. The summed E-state index contributed by atoms with van der Waals surface area (Å²) in [5.41, 5.74) is 2.51. The molecule has 3 rings (SSSR count). The van der Waals surface area contributed by atoms with Gasteiger partial charge in [0.05, 0.1) is 15.8 Å². The van der Waals surface area contributed by atoms with Crippen LogP contribution in [0.25, 0.3) is 0 Å². The lowest BCUT2D eigenvalue weighted by Gasteiger charge is -2.30. The molecule has 29 heavy (non-hydrogen) atoms. The van der Waals surface area contributed by atoms with Crippen molar-refractivity contribution in [1.82, 2.24) is 4.31 Å². The van der Waals surface area contributed by atoms with Crippen LogP contribution in [0, 0.1) is 5.92 Å². The topological polar surface area (TPSA) is 66.5 Å². The molecule has 156 valence electrons. The van der Waals surface area contributed by atoms with E-state index in [4.69, 9.17) is 23.2 Å². The summed E-state index contributed by atoms with van der Waals surface area (Å²) in [5, 5.41) is 3.73. The van der Waals surface area contributed by atoms with Crippen LogP contribution in [0.5, 0.6) is 0 Å². The molecule has 1 aliphatic rings. The van der Waals surface area contributed by atoms with Crippen LogP contribution < -0.4 is 5.32 Å². The van der Waals surface area contributed by atoms with Crippen molar-refractivity contribution >= 4 is 44.8 Å². The van der Waals surface area contributed by atoms with Gasteiger partial charge in [-0.2, -0.15) is 0 Å². The number of nitrogens with one attached hydrogen (secondary N) is 1. The van der Waals surface area contributed by atoms with E-state index >= 15 is 0 Å². The molecule has 1 amide bonds. The number of sulfonamides is 1. The van der Waals surface area contributed by atoms with Gasteiger partial charge in [-0.15, -0.1) is 0 Å². The molecule has 1 aliphatic heterocycles. The van der Waals surface area contributed by atoms with E-state index in [-0.39, 0.29) is 17.6 Å². The Morgan fingerprint density at radius 3 is 2.45 bits per heavy atom. The van der Waals surface area contributed by atoms with Crippen LogP contribution in [0.15, 0.2) is 42.5 Å². The van der Waals surface area contributed by atoms with Gasteiger partial charge >= 0.3 is 0 Å². The van der Waals surface area contributed by atoms with Gasteiger partial charge < -0.3 is 5.32 Å². The second kappa shape index (κ2) is 9.47. The third-order valence-electron chi connectivity index (χ3n) is 5.21. The number of hydrogen-bond acceptors (Lipinski definition) is 3. The van der Waals surface area contributed by atoms with Crippen molar-refractivity contribution in [3.63, 3.8) is 0 Å². The smallest absolute Gasteiger partial charge is 0.227 e. The van der Waals surface area contributed by atoms with Gasteiger partial charge in [-0.25, -0.2) is 12.7 Å². The SMILES string of the molecule is CCc1ccccc1NC(=O)C1CCN(S(=O)(=O)Cc2ccc(Cl)c(Cl)c2)CC1. The number of aryl methyl sites for hydroxylation is 1. The first kappa shape index (κ1) is 22.1. The van der Waals surface area contributed by atoms with Crippen molar-refractivity contribution in [3.8, 4) is 0 Å². The van der Waals surface area contributed by atoms with Gasteiger partial charge in [0.15, 0.2) is 0 Å². The van der Waals surface area contributed by atoms with Crippen molar-refractivity contribution in [2.45, 2.75) is 31.9 Å². The van der Waals surface area contributed by atoms with E-state index in [9.17, 15) is 13.2 Å². The number of piperidine rings is 1. The largest absolute Gasteiger partial charge is 0.326 e. The maximum Gasteiger partial charge on any atom is 0.227 e. The Kier molecular flexibility index (Phi) is 7.22. The van der Waals surface area contributed by atoms with Gasteiger partial charge in [-0.3, -0.25) is 4.79 Å². The molecule has 1 saturated heterocycles.